The zero-order valence-electron chi connectivity index (χ0n) is 17.5. The summed E-state index contributed by atoms with van der Waals surface area (Å²) < 4.78 is 44.9. The topological polar surface area (TPSA) is 52.4 Å². The molecule has 0 saturated heterocycles. The highest BCUT2D eigenvalue weighted by molar-refractivity contribution is 9.10. The van der Waals surface area contributed by atoms with Crippen LogP contribution in [0.1, 0.15) is 28.9 Å². The molecule has 4 rings (SSSR count). The van der Waals surface area contributed by atoms with Gasteiger partial charge in [-0.1, -0.05) is 0 Å². The maximum Gasteiger partial charge on any atom is 0.737 e. The third kappa shape index (κ3) is 3.45. The summed E-state index contributed by atoms with van der Waals surface area (Å²) in [6, 6.07) is 5.37. The second-order valence-electron chi connectivity index (χ2n) is 7.44. The maximum absolute atomic E-state index is 15.6. The highest BCUT2D eigenvalue weighted by Crippen LogP contribution is 2.40. The van der Waals surface area contributed by atoms with Crippen molar-refractivity contribution in [1.29, 1.82) is 0 Å². The van der Waals surface area contributed by atoms with Crippen molar-refractivity contribution in [3.05, 3.63) is 63.0 Å². The van der Waals surface area contributed by atoms with E-state index in [4.69, 9.17) is 15.2 Å². The third-order valence-corrected chi connectivity index (χ3v) is 6.23. The van der Waals surface area contributed by atoms with E-state index in [-0.39, 0.29) is 0 Å². The van der Waals surface area contributed by atoms with Gasteiger partial charge in [0.2, 0.25) is 0 Å². The molecule has 2 aliphatic heterocycles. The molecule has 2 aliphatic rings. The molecule has 162 valence electrons. The van der Waals surface area contributed by atoms with Crippen LogP contribution in [-0.4, -0.2) is 42.9 Å². The number of hydrogen-bond acceptors (Lipinski definition) is 3. The Bertz CT molecular complexity index is 1180. The van der Waals surface area contributed by atoms with E-state index in [9.17, 15) is 0 Å². The standard InChI is InChI=1S/C22H23BBrF2N3O2/c1-14-11-16(7-6-15-12-18(24)21(31-3)13-20(15)30-2)29-22(14)17(8-9-27)19-5-4-10-28(19)23(29,25)26/h4-7,10-13H,8-9,27H2,1-3H3/b7-6+. The first-order valence-electron chi connectivity index (χ1n) is 9.91. The Morgan fingerprint density at radius 2 is 1.90 bits per heavy atom. The van der Waals surface area contributed by atoms with Gasteiger partial charge >= 0.3 is 6.97 Å². The largest absolute Gasteiger partial charge is 0.737 e. The lowest BCUT2D eigenvalue weighted by Crippen LogP contribution is -2.50. The van der Waals surface area contributed by atoms with E-state index in [1.165, 1.54) is 6.21 Å². The van der Waals surface area contributed by atoms with Crippen LogP contribution in [0.2, 0.25) is 0 Å². The molecule has 0 amide bonds. The van der Waals surface area contributed by atoms with E-state index >= 15 is 8.63 Å². The maximum atomic E-state index is 15.6. The van der Waals surface area contributed by atoms with Gasteiger partial charge in [-0.25, -0.2) is 0 Å². The molecule has 0 fully saturated rings. The Labute approximate surface area is 188 Å². The van der Waals surface area contributed by atoms with E-state index in [1.807, 2.05) is 13.0 Å². The monoisotopic (exact) mass is 489 g/mol. The number of allylic oxidation sites excluding steroid dienone is 2. The molecule has 2 aromatic rings. The molecule has 2 N–H and O–H groups in total. The van der Waals surface area contributed by atoms with Gasteiger partial charge in [0.25, 0.3) is 0 Å². The second kappa shape index (κ2) is 8.13. The van der Waals surface area contributed by atoms with Crippen molar-refractivity contribution in [2.24, 2.45) is 5.73 Å². The van der Waals surface area contributed by atoms with Gasteiger partial charge in [-0.2, -0.15) is 0 Å². The Kier molecular flexibility index (Phi) is 5.66. The van der Waals surface area contributed by atoms with Crippen LogP contribution in [0.15, 0.2) is 40.5 Å². The second-order valence-corrected chi connectivity index (χ2v) is 8.29. The van der Waals surface area contributed by atoms with E-state index in [0.29, 0.717) is 41.5 Å². The average molecular weight is 490 g/mol. The summed E-state index contributed by atoms with van der Waals surface area (Å²) in [7, 11) is 3.13. The zero-order valence-corrected chi connectivity index (χ0v) is 19.1. The lowest BCUT2D eigenvalue weighted by atomic mass is 9.86. The molecular weight excluding hydrogens is 467 g/mol. The van der Waals surface area contributed by atoms with Crippen molar-refractivity contribution in [2.75, 3.05) is 20.8 Å². The Morgan fingerprint density at radius 3 is 2.58 bits per heavy atom. The van der Waals surface area contributed by atoms with Crippen molar-refractivity contribution in [2.45, 2.75) is 13.3 Å². The van der Waals surface area contributed by atoms with Gasteiger partial charge in [-0.15, -0.1) is 0 Å². The van der Waals surface area contributed by atoms with Crippen molar-refractivity contribution in [1.82, 2.24) is 4.48 Å². The first kappa shape index (κ1) is 21.6. The average Bonchev–Trinajstić information content (AvgIpc) is 3.36. The Morgan fingerprint density at radius 1 is 1.16 bits per heavy atom. The SMILES string of the molecule is COc1cc(OC)c(/C=C/c2cc(C)c3n2[B-](F)(F)[N+]2=CC=CC2=C3CCN)cc1Br. The normalized spacial score (nSPS) is 16.5. The molecule has 5 nitrogen and oxygen atoms in total. The minimum absolute atomic E-state index is 0.381. The molecule has 31 heavy (non-hydrogen) atoms. The van der Waals surface area contributed by atoms with Crippen molar-refractivity contribution >= 4 is 46.8 Å². The Balaban J connectivity index is 1.86. The lowest BCUT2D eigenvalue weighted by molar-refractivity contribution is -0.356. The minimum atomic E-state index is -4.03. The zero-order chi connectivity index (χ0) is 22.3. The summed E-state index contributed by atoms with van der Waals surface area (Å²) in [5.41, 5.74) is 9.66. The van der Waals surface area contributed by atoms with Crippen LogP contribution in [0.3, 0.4) is 0 Å². The summed E-state index contributed by atoms with van der Waals surface area (Å²) in [5, 5.41) is 0. The van der Waals surface area contributed by atoms with E-state index in [0.717, 1.165) is 30.1 Å². The molecule has 0 aliphatic carbocycles. The van der Waals surface area contributed by atoms with Crippen LogP contribution in [0.4, 0.5) is 8.63 Å². The molecule has 0 unspecified atom stereocenters. The Hall–Kier alpha value is -2.65. The van der Waals surface area contributed by atoms with Gasteiger partial charge in [-0.05, 0) is 65.7 Å². The van der Waals surface area contributed by atoms with Gasteiger partial charge < -0.3 is 32.8 Å². The highest BCUT2D eigenvalue weighted by atomic mass is 79.9. The van der Waals surface area contributed by atoms with E-state index in [2.05, 4.69) is 15.9 Å². The van der Waals surface area contributed by atoms with Crippen molar-refractivity contribution < 1.29 is 22.6 Å². The first-order chi connectivity index (χ1) is 14.8. The number of benzene rings is 1. The van der Waals surface area contributed by atoms with Crippen molar-refractivity contribution in [3.8, 4) is 11.5 Å². The molecule has 0 saturated carbocycles. The minimum Gasteiger partial charge on any atom is -0.496 e. The lowest BCUT2D eigenvalue weighted by Gasteiger charge is -2.32. The van der Waals surface area contributed by atoms with Crippen LogP contribution in [-0.2, 0) is 0 Å². The molecule has 1 aromatic carbocycles. The molecule has 1 aromatic heterocycles. The number of nitrogens with zero attached hydrogens (tertiary/aromatic N) is 2. The fraction of sp³-hybridized carbons (Fsp3) is 0.227. The summed E-state index contributed by atoms with van der Waals surface area (Å²) in [4.78, 5) is 0. The van der Waals surface area contributed by atoms with Crippen LogP contribution in [0.5, 0.6) is 11.5 Å². The van der Waals surface area contributed by atoms with Gasteiger partial charge in [-0.3, -0.25) is 0 Å². The van der Waals surface area contributed by atoms with Crippen molar-refractivity contribution in [3.63, 3.8) is 0 Å². The first-order valence-corrected chi connectivity index (χ1v) is 10.7. The van der Waals surface area contributed by atoms with E-state index in [1.54, 1.807) is 50.7 Å². The van der Waals surface area contributed by atoms with Gasteiger partial charge in [0.05, 0.1) is 18.7 Å². The highest BCUT2D eigenvalue weighted by Gasteiger charge is 2.52. The number of rotatable bonds is 6. The third-order valence-electron chi connectivity index (χ3n) is 5.61. The smallest absolute Gasteiger partial charge is 0.496 e. The predicted molar refractivity (Wildman–Crippen MR) is 125 cm³/mol. The van der Waals surface area contributed by atoms with Gasteiger partial charge in [0, 0.05) is 40.7 Å². The summed E-state index contributed by atoms with van der Waals surface area (Å²) >= 11 is 3.46. The summed E-state index contributed by atoms with van der Waals surface area (Å²) in [6.45, 7) is -1.80. The fourth-order valence-corrected chi connectivity index (χ4v) is 4.79. The molecule has 0 spiro atoms. The quantitative estimate of drug-likeness (QED) is 0.598. The number of nitrogens with two attached hydrogens (primary N) is 1. The number of aromatic nitrogens is 1. The molecule has 9 heteroatoms. The van der Waals surface area contributed by atoms with Gasteiger partial charge in [0.1, 0.15) is 17.7 Å². The van der Waals surface area contributed by atoms with Crippen LogP contribution < -0.4 is 15.2 Å². The summed E-state index contributed by atoms with van der Waals surface area (Å²) in [5.74, 6) is 1.21. The number of methoxy groups -OCH3 is 2. The molecule has 0 bridgehead atoms. The number of fused-ring (bicyclic) bond motifs is 2. The number of halogens is 3. The van der Waals surface area contributed by atoms with Crippen LogP contribution >= 0.6 is 15.9 Å². The van der Waals surface area contributed by atoms with E-state index < -0.39 is 6.97 Å². The predicted octanol–water partition coefficient (Wildman–Crippen LogP) is 4.70. The van der Waals surface area contributed by atoms with Crippen LogP contribution in [0.25, 0.3) is 17.7 Å². The number of ether oxygens (including phenoxy) is 2. The number of hydrogen-bond donors (Lipinski definition) is 1. The number of aryl methyl sites for hydroxylation is 1. The fourth-order valence-electron chi connectivity index (χ4n) is 4.27. The summed E-state index contributed by atoms with van der Waals surface area (Å²) in [6.07, 6.45) is 8.79. The van der Waals surface area contributed by atoms with Crippen LogP contribution in [0, 0.1) is 6.92 Å². The molecule has 3 heterocycles. The molecular formula is C22H23BBrF2N3O2. The molecule has 0 radical (unpaired) electrons. The molecule has 0 atom stereocenters. The van der Waals surface area contributed by atoms with Gasteiger partial charge in [0.15, 0.2) is 5.70 Å².